The third-order valence-corrected chi connectivity index (χ3v) is 10.0. The van der Waals surface area contributed by atoms with E-state index in [2.05, 4.69) is 19.5 Å². The normalized spacial score (nSPS) is 17.0. The molecule has 178 valence electrons. The van der Waals surface area contributed by atoms with E-state index in [9.17, 15) is 26.2 Å². The number of aryl methyl sites for hydroxylation is 1. The fraction of sp³-hybridized carbons (Fsp3) is 0.733. The molecule has 1 heterocycles. The van der Waals surface area contributed by atoms with Crippen molar-refractivity contribution in [1.82, 2.24) is 9.71 Å². The van der Waals surface area contributed by atoms with Crippen molar-refractivity contribution < 1.29 is 40.5 Å². The van der Waals surface area contributed by atoms with Crippen LogP contribution in [0, 0.1) is 12.8 Å². The number of carbonyl (C=O) groups excluding carboxylic acids is 1. The molecule has 0 saturated heterocycles. The number of sulfone groups is 1. The molecule has 4 N–H and O–H groups in total. The maximum absolute atomic E-state index is 12.6. The van der Waals surface area contributed by atoms with E-state index < -0.39 is 52.0 Å². The lowest BCUT2D eigenvalue weighted by molar-refractivity contribution is -0.114. The van der Waals surface area contributed by atoms with E-state index in [4.69, 9.17) is 9.79 Å². The fourth-order valence-corrected chi connectivity index (χ4v) is 8.46. The van der Waals surface area contributed by atoms with Gasteiger partial charge in [0.05, 0.1) is 23.3 Å². The number of carbonyl (C=O) groups is 1. The zero-order valence-corrected chi connectivity index (χ0v) is 20.3. The second-order valence-corrected chi connectivity index (χ2v) is 13.7. The number of thiazole rings is 1. The van der Waals surface area contributed by atoms with E-state index in [1.807, 2.05) is 0 Å². The number of nitrogens with one attached hydrogen (secondary N) is 2. The van der Waals surface area contributed by atoms with Gasteiger partial charge in [0, 0.05) is 13.5 Å². The summed E-state index contributed by atoms with van der Waals surface area (Å²) in [4.78, 5) is 33.3. The Bertz CT molecular complexity index is 1040. The van der Waals surface area contributed by atoms with Crippen molar-refractivity contribution in [2.75, 3.05) is 23.4 Å². The standard InChI is InChI=1S/C15H26N3O9PS3/c1-10-14(29-15(17-10)18-11(2)19)31(25,26)16-7-13(27-28(20,21)22)9-30(23,24)8-12-5-3-4-6-12/h12-13,16H,3-9H2,1-2H3,(H,17,18,19)(H2,20,21,22). The molecule has 16 heteroatoms. The Morgan fingerprint density at radius 1 is 1.29 bits per heavy atom. The number of phosphoric ester groups is 1. The predicted octanol–water partition coefficient (Wildman–Crippen LogP) is 0.771. The molecule has 1 amide bonds. The van der Waals surface area contributed by atoms with Crippen molar-refractivity contribution in [1.29, 1.82) is 0 Å². The minimum atomic E-state index is -5.08. The number of anilines is 1. The summed E-state index contributed by atoms with van der Waals surface area (Å²) in [5.74, 6) is -1.34. The number of nitrogens with zero attached hydrogens (tertiary/aromatic N) is 1. The Hall–Kier alpha value is -0.930. The Labute approximate surface area is 185 Å². The van der Waals surface area contributed by atoms with Gasteiger partial charge in [-0.2, -0.15) is 0 Å². The van der Waals surface area contributed by atoms with Crippen LogP contribution < -0.4 is 10.0 Å². The number of hydrogen-bond acceptors (Lipinski definition) is 9. The van der Waals surface area contributed by atoms with Gasteiger partial charge in [-0.25, -0.2) is 31.1 Å². The van der Waals surface area contributed by atoms with Gasteiger partial charge < -0.3 is 15.1 Å². The molecule has 12 nitrogen and oxygen atoms in total. The molecule has 1 saturated carbocycles. The lowest BCUT2D eigenvalue weighted by atomic mass is 10.1. The highest BCUT2D eigenvalue weighted by Gasteiger charge is 2.32. The number of hydrogen-bond donors (Lipinski definition) is 4. The van der Waals surface area contributed by atoms with Gasteiger partial charge in [-0.1, -0.05) is 24.2 Å². The van der Waals surface area contributed by atoms with E-state index in [0.717, 1.165) is 25.7 Å². The summed E-state index contributed by atoms with van der Waals surface area (Å²) in [6, 6.07) is 0. The molecule has 1 unspecified atom stereocenters. The number of sulfonamides is 1. The molecule has 1 aromatic heterocycles. The van der Waals surface area contributed by atoms with Gasteiger partial charge in [0.1, 0.15) is 0 Å². The second-order valence-electron chi connectivity index (χ2n) is 7.37. The molecule has 0 radical (unpaired) electrons. The summed E-state index contributed by atoms with van der Waals surface area (Å²) in [7, 11) is -13.0. The minimum Gasteiger partial charge on any atom is -0.303 e. The summed E-state index contributed by atoms with van der Waals surface area (Å²) >= 11 is 0.688. The highest BCUT2D eigenvalue weighted by atomic mass is 32.2. The van der Waals surface area contributed by atoms with Crippen LogP contribution in [0.5, 0.6) is 0 Å². The lowest BCUT2D eigenvalue weighted by Gasteiger charge is -2.20. The Kier molecular flexibility index (Phi) is 8.78. The first-order valence-electron chi connectivity index (χ1n) is 9.36. The lowest BCUT2D eigenvalue weighted by Crippen LogP contribution is -2.38. The molecule has 0 aliphatic heterocycles. The van der Waals surface area contributed by atoms with Crippen LogP contribution in [-0.4, -0.2) is 61.7 Å². The minimum absolute atomic E-state index is 0.0237. The molecule has 0 bridgehead atoms. The van der Waals surface area contributed by atoms with Gasteiger partial charge in [0.15, 0.2) is 19.2 Å². The van der Waals surface area contributed by atoms with Gasteiger partial charge in [-0.05, 0) is 25.7 Å². The molecule has 2 rings (SSSR count). The Morgan fingerprint density at radius 3 is 2.45 bits per heavy atom. The third-order valence-electron chi connectivity index (χ3n) is 4.47. The van der Waals surface area contributed by atoms with Crippen LogP contribution in [0.1, 0.15) is 38.3 Å². The summed E-state index contributed by atoms with van der Waals surface area (Å²) in [5.41, 5.74) is 0.0996. The van der Waals surface area contributed by atoms with Crippen molar-refractivity contribution in [3.8, 4) is 0 Å². The summed E-state index contributed by atoms with van der Waals surface area (Å²) in [6.45, 7) is 1.97. The molecule has 0 aromatic carbocycles. The van der Waals surface area contributed by atoms with Crippen LogP contribution in [-0.2, 0) is 33.7 Å². The summed E-state index contributed by atoms with van der Waals surface area (Å²) in [6.07, 6.45) is 1.78. The van der Waals surface area contributed by atoms with Gasteiger partial charge in [0.2, 0.25) is 5.91 Å². The van der Waals surface area contributed by atoms with Crippen molar-refractivity contribution in [3.63, 3.8) is 0 Å². The number of amides is 1. The van der Waals surface area contributed by atoms with Crippen molar-refractivity contribution in [2.45, 2.75) is 49.8 Å². The van der Waals surface area contributed by atoms with Crippen molar-refractivity contribution in [2.24, 2.45) is 5.92 Å². The first-order chi connectivity index (χ1) is 14.2. The Morgan fingerprint density at radius 2 is 1.90 bits per heavy atom. The van der Waals surface area contributed by atoms with E-state index in [1.165, 1.54) is 13.8 Å². The molecular formula is C15H26N3O9PS3. The van der Waals surface area contributed by atoms with Crippen LogP contribution >= 0.6 is 19.2 Å². The first kappa shape index (κ1) is 26.3. The van der Waals surface area contributed by atoms with E-state index in [-0.39, 0.29) is 26.7 Å². The van der Waals surface area contributed by atoms with E-state index in [0.29, 0.717) is 11.3 Å². The number of phosphoric acid groups is 1. The van der Waals surface area contributed by atoms with Gasteiger partial charge in [0.25, 0.3) is 10.0 Å². The predicted molar refractivity (Wildman–Crippen MR) is 114 cm³/mol. The van der Waals surface area contributed by atoms with Crippen molar-refractivity contribution >= 4 is 50.1 Å². The van der Waals surface area contributed by atoms with Gasteiger partial charge in [-0.15, -0.1) is 0 Å². The SMILES string of the molecule is CC(=O)Nc1nc(C)c(S(=O)(=O)NCC(CS(=O)(=O)CC2CCCC2)OP(=O)(O)O)s1. The van der Waals surface area contributed by atoms with Crippen LogP contribution in [0.4, 0.5) is 5.13 Å². The average molecular weight is 520 g/mol. The number of rotatable bonds is 11. The third kappa shape index (κ3) is 8.85. The molecule has 1 atom stereocenters. The molecule has 1 fully saturated rings. The molecule has 31 heavy (non-hydrogen) atoms. The highest BCUT2D eigenvalue weighted by Crippen LogP contribution is 2.38. The van der Waals surface area contributed by atoms with Gasteiger partial charge in [-0.3, -0.25) is 9.32 Å². The average Bonchev–Trinajstić information content (AvgIpc) is 3.19. The monoisotopic (exact) mass is 519 g/mol. The van der Waals surface area contributed by atoms with Crippen LogP contribution in [0.2, 0.25) is 0 Å². The first-order valence-corrected chi connectivity index (χ1v) is 15.0. The van der Waals surface area contributed by atoms with Gasteiger partial charge >= 0.3 is 7.82 Å². The zero-order chi connectivity index (χ0) is 23.4. The molecule has 1 aliphatic rings. The largest absolute Gasteiger partial charge is 0.469 e. The summed E-state index contributed by atoms with van der Waals surface area (Å²) < 4.78 is 67.9. The smallest absolute Gasteiger partial charge is 0.303 e. The maximum atomic E-state index is 12.6. The van der Waals surface area contributed by atoms with Crippen LogP contribution in [0.15, 0.2) is 4.21 Å². The molecule has 1 aromatic rings. The highest BCUT2D eigenvalue weighted by molar-refractivity contribution is 7.92. The fourth-order valence-electron chi connectivity index (χ4n) is 3.31. The van der Waals surface area contributed by atoms with Crippen molar-refractivity contribution in [3.05, 3.63) is 5.69 Å². The quantitative estimate of drug-likeness (QED) is 0.304. The topological polar surface area (TPSA) is 189 Å². The second kappa shape index (κ2) is 10.3. The molecule has 1 aliphatic carbocycles. The number of aromatic nitrogens is 1. The maximum Gasteiger partial charge on any atom is 0.469 e. The Balaban J connectivity index is 2.12. The zero-order valence-electron chi connectivity index (χ0n) is 17.0. The van der Waals surface area contributed by atoms with E-state index in [1.54, 1.807) is 0 Å². The molecular weight excluding hydrogens is 493 g/mol. The summed E-state index contributed by atoms with van der Waals surface area (Å²) in [5, 5.41) is 2.43. The van der Waals surface area contributed by atoms with E-state index >= 15 is 0 Å². The van der Waals surface area contributed by atoms with Crippen LogP contribution in [0.25, 0.3) is 0 Å². The van der Waals surface area contributed by atoms with Crippen LogP contribution in [0.3, 0.4) is 0 Å². The molecule has 0 spiro atoms.